The maximum Gasteiger partial charge on any atom is 0.0869 e. The maximum absolute atomic E-state index is 10.3. The molecule has 18 heavy (non-hydrogen) atoms. The average molecular weight is 257 g/mol. The molecule has 1 rings (SSSR count). The molecule has 1 aliphatic heterocycles. The molecule has 0 aliphatic carbocycles. The van der Waals surface area contributed by atoms with Gasteiger partial charge in [0.2, 0.25) is 0 Å². The Hall–Kier alpha value is -0.160. The molecule has 0 spiro atoms. The topological polar surface area (TPSA) is 38.7 Å². The van der Waals surface area contributed by atoms with Gasteiger partial charge in [0.05, 0.1) is 5.60 Å². The first-order chi connectivity index (χ1) is 8.39. The Bertz CT molecular complexity index is 225. The molecule has 1 fully saturated rings. The van der Waals surface area contributed by atoms with Gasteiger partial charge in [-0.05, 0) is 39.9 Å². The fourth-order valence-electron chi connectivity index (χ4n) is 2.46. The average Bonchev–Trinajstić information content (AvgIpc) is 2.76. The third kappa shape index (κ3) is 6.69. The van der Waals surface area contributed by atoms with Crippen LogP contribution in [0.5, 0.6) is 0 Å². The highest BCUT2D eigenvalue weighted by molar-refractivity contribution is 4.80. The highest BCUT2D eigenvalue weighted by Gasteiger charge is 2.22. The fourth-order valence-corrected chi connectivity index (χ4v) is 2.46. The summed E-state index contributed by atoms with van der Waals surface area (Å²) >= 11 is 0. The van der Waals surface area contributed by atoms with Crippen molar-refractivity contribution in [1.29, 1.82) is 0 Å². The van der Waals surface area contributed by atoms with Crippen LogP contribution >= 0.6 is 0 Å². The Labute approximate surface area is 112 Å². The van der Waals surface area contributed by atoms with Crippen LogP contribution in [0, 0.1) is 0 Å². The number of nitrogens with one attached hydrogen (secondary N) is 1. The Morgan fingerprint density at radius 1 is 1.33 bits per heavy atom. The summed E-state index contributed by atoms with van der Waals surface area (Å²) in [5.41, 5.74) is -0.649. The largest absolute Gasteiger partial charge is 0.388 e. The molecular formula is C14H31N3O. The normalized spacial score (nSPS) is 20.8. The van der Waals surface area contributed by atoms with Crippen LogP contribution in [0.15, 0.2) is 0 Å². The Morgan fingerprint density at radius 3 is 2.50 bits per heavy atom. The molecule has 0 aromatic rings. The number of aliphatic hydroxyl groups is 1. The van der Waals surface area contributed by atoms with E-state index in [9.17, 15) is 5.11 Å². The second kappa shape index (κ2) is 7.43. The van der Waals surface area contributed by atoms with Crippen LogP contribution in [0.4, 0.5) is 0 Å². The molecule has 0 aromatic heterocycles. The summed E-state index contributed by atoms with van der Waals surface area (Å²) in [4.78, 5) is 4.75. The lowest BCUT2D eigenvalue weighted by molar-refractivity contribution is 0.0242. The van der Waals surface area contributed by atoms with Gasteiger partial charge in [-0.2, -0.15) is 0 Å². The van der Waals surface area contributed by atoms with E-state index in [-0.39, 0.29) is 0 Å². The lowest BCUT2D eigenvalue weighted by atomic mass is 10.1. The maximum atomic E-state index is 10.3. The van der Waals surface area contributed by atoms with Crippen LogP contribution in [-0.2, 0) is 0 Å². The molecule has 1 atom stereocenters. The fraction of sp³-hybridized carbons (Fsp3) is 1.00. The zero-order chi connectivity index (χ0) is 13.6. The molecule has 1 heterocycles. The van der Waals surface area contributed by atoms with Gasteiger partial charge in [0, 0.05) is 32.2 Å². The Morgan fingerprint density at radius 2 is 1.94 bits per heavy atom. The van der Waals surface area contributed by atoms with E-state index in [4.69, 9.17) is 0 Å². The molecule has 1 unspecified atom stereocenters. The molecule has 0 saturated carbocycles. The van der Waals surface area contributed by atoms with Crippen molar-refractivity contribution in [3.63, 3.8) is 0 Å². The Kier molecular flexibility index (Phi) is 6.57. The number of nitrogens with zero attached hydrogens (tertiary/aromatic N) is 2. The highest BCUT2D eigenvalue weighted by Crippen LogP contribution is 2.08. The molecule has 0 amide bonds. The number of rotatable bonds is 8. The summed E-state index contributed by atoms with van der Waals surface area (Å²) in [5, 5.41) is 13.6. The molecule has 4 heteroatoms. The van der Waals surface area contributed by atoms with E-state index >= 15 is 0 Å². The molecule has 108 valence electrons. The Balaban J connectivity index is 2.18. The summed E-state index contributed by atoms with van der Waals surface area (Å²) in [7, 11) is 2.10. The first-order valence-corrected chi connectivity index (χ1v) is 7.26. The quantitative estimate of drug-likeness (QED) is 0.673. The molecule has 0 aromatic carbocycles. The van der Waals surface area contributed by atoms with Gasteiger partial charge < -0.3 is 20.2 Å². The van der Waals surface area contributed by atoms with Crippen LogP contribution in [0.3, 0.4) is 0 Å². The molecule has 4 nitrogen and oxygen atoms in total. The lowest BCUT2D eigenvalue weighted by Gasteiger charge is -2.31. The second-order valence-electron chi connectivity index (χ2n) is 6.32. The van der Waals surface area contributed by atoms with Gasteiger partial charge in [0.15, 0.2) is 0 Å². The minimum Gasteiger partial charge on any atom is -0.388 e. The monoisotopic (exact) mass is 257 g/mol. The van der Waals surface area contributed by atoms with Crippen LogP contribution in [0.25, 0.3) is 0 Å². The molecule has 1 saturated heterocycles. The smallest absolute Gasteiger partial charge is 0.0869 e. The van der Waals surface area contributed by atoms with Crippen molar-refractivity contribution < 1.29 is 5.11 Å². The van der Waals surface area contributed by atoms with E-state index in [2.05, 4.69) is 36.0 Å². The van der Waals surface area contributed by atoms with Crippen LogP contribution < -0.4 is 5.32 Å². The van der Waals surface area contributed by atoms with Crippen molar-refractivity contribution in [3.05, 3.63) is 0 Å². The van der Waals surface area contributed by atoms with Gasteiger partial charge in [-0.25, -0.2) is 0 Å². The predicted octanol–water partition coefficient (Wildman–Crippen LogP) is 0.763. The number of likely N-dealkylation sites (tertiary alicyclic amines) is 1. The third-order valence-corrected chi connectivity index (χ3v) is 3.50. The lowest BCUT2D eigenvalue weighted by Crippen LogP contribution is -2.49. The van der Waals surface area contributed by atoms with E-state index < -0.39 is 5.60 Å². The van der Waals surface area contributed by atoms with E-state index in [0.29, 0.717) is 12.6 Å². The van der Waals surface area contributed by atoms with Gasteiger partial charge in [0.1, 0.15) is 0 Å². The zero-order valence-electron chi connectivity index (χ0n) is 12.6. The first-order valence-electron chi connectivity index (χ1n) is 7.26. The summed E-state index contributed by atoms with van der Waals surface area (Å²) in [5.74, 6) is 0. The van der Waals surface area contributed by atoms with Gasteiger partial charge in [-0.15, -0.1) is 0 Å². The van der Waals surface area contributed by atoms with Gasteiger partial charge in [-0.3, -0.25) is 0 Å². The van der Waals surface area contributed by atoms with E-state index in [1.807, 2.05) is 6.92 Å². The van der Waals surface area contributed by atoms with Crippen LogP contribution in [0.2, 0.25) is 0 Å². The summed E-state index contributed by atoms with van der Waals surface area (Å²) < 4.78 is 0. The van der Waals surface area contributed by atoms with E-state index in [0.717, 1.165) is 19.6 Å². The standard InChI is InChI=1S/C14H31N3O/c1-13(2)15-11-14(3,18)12-16(4)9-10-17-7-5-6-8-17/h13,15,18H,5-12H2,1-4H3. The predicted molar refractivity (Wildman–Crippen MR) is 76.9 cm³/mol. The van der Waals surface area contributed by atoms with Gasteiger partial charge >= 0.3 is 0 Å². The van der Waals surface area contributed by atoms with Crippen molar-refractivity contribution in [1.82, 2.24) is 15.1 Å². The third-order valence-electron chi connectivity index (χ3n) is 3.50. The molecule has 2 N–H and O–H groups in total. The molecular weight excluding hydrogens is 226 g/mol. The minimum absolute atomic E-state index is 0.423. The van der Waals surface area contributed by atoms with Gasteiger partial charge in [0.25, 0.3) is 0 Å². The van der Waals surface area contributed by atoms with Crippen molar-refractivity contribution in [2.75, 3.05) is 46.3 Å². The van der Waals surface area contributed by atoms with Gasteiger partial charge in [-0.1, -0.05) is 13.8 Å². The first kappa shape index (κ1) is 15.9. The SMILES string of the molecule is CC(C)NCC(C)(O)CN(C)CCN1CCCC1. The van der Waals surface area contributed by atoms with Crippen LogP contribution in [-0.4, -0.2) is 72.9 Å². The van der Waals surface area contributed by atoms with Crippen molar-refractivity contribution >= 4 is 0 Å². The highest BCUT2D eigenvalue weighted by atomic mass is 16.3. The minimum atomic E-state index is -0.649. The summed E-state index contributed by atoms with van der Waals surface area (Å²) in [6.07, 6.45) is 2.69. The second-order valence-corrected chi connectivity index (χ2v) is 6.32. The zero-order valence-corrected chi connectivity index (χ0v) is 12.6. The van der Waals surface area contributed by atoms with Crippen molar-refractivity contribution in [2.24, 2.45) is 0 Å². The molecule has 1 aliphatic rings. The number of hydrogen-bond acceptors (Lipinski definition) is 4. The molecule has 0 bridgehead atoms. The van der Waals surface area contributed by atoms with Crippen molar-refractivity contribution in [2.45, 2.75) is 45.3 Å². The summed E-state index contributed by atoms with van der Waals surface area (Å²) in [6.45, 7) is 12.2. The van der Waals surface area contributed by atoms with E-state index in [1.165, 1.54) is 25.9 Å². The number of hydrogen-bond donors (Lipinski definition) is 2. The van der Waals surface area contributed by atoms with E-state index in [1.54, 1.807) is 0 Å². The summed E-state index contributed by atoms with van der Waals surface area (Å²) in [6, 6.07) is 0.423. The van der Waals surface area contributed by atoms with Crippen molar-refractivity contribution in [3.8, 4) is 0 Å². The van der Waals surface area contributed by atoms with Crippen LogP contribution in [0.1, 0.15) is 33.6 Å². The number of likely N-dealkylation sites (N-methyl/N-ethyl adjacent to an activating group) is 1. The molecule has 0 radical (unpaired) electrons.